The highest BCUT2D eigenvalue weighted by atomic mass is 35.5. The largest absolute Gasteiger partial charge is 0.0988 e. The van der Waals surface area contributed by atoms with Gasteiger partial charge in [-0.3, -0.25) is 0 Å². The lowest BCUT2D eigenvalue weighted by Gasteiger charge is -1.76. The summed E-state index contributed by atoms with van der Waals surface area (Å²) in [7, 11) is 0. The van der Waals surface area contributed by atoms with Crippen molar-refractivity contribution in [2.45, 2.75) is 6.92 Å². The molecule has 0 aromatic heterocycles. The van der Waals surface area contributed by atoms with Gasteiger partial charge in [0.05, 0.1) is 0 Å². The Morgan fingerprint density at radius 2 is 2.33 bits per heavy atom. The fraction of sp³-hybridized carbons (Fsp3) is 0.200. The van der Waals surface area contributed by atoms with Crippen molar-refractivity contribution < 1.29 is 0 Å². The molecule has 0 aromatic carbocycles. The van der Waals surface area contributed by atoms with Gasteiger partial charge in [0, 0.05) is 5.54 Å². The topological polar surface area (TPSA) is 0 Å². The first-order valence-electron chi connectivity index (χ1n) is 1.70. The van der Waals surface area contributed by atoms with Crippen LogP contribution in [0.15, 0.2) is 23.8 Å². The second-order valence-corrected chi connectivity index (χ2v) is 1.28. The van der Waals surface area contributed by atoms with Crippen molar-refractivity contribution in [2.75, 3.05) is 0 Å². The monoisotopic (exact) mass is 102 g/mol. The molecule has 0 spiro atoms. The number of halogens is 1. The maximum atomic E-state index is 5.22. The van der Waals surface area contributed by atoms with E-state index in [1.54, 1.807) is 6.08 Å². The Bertz CT molecular complexity index is 72.0. The number of rotatable bonds is 1. The van der Waals surface area contributed by atoms with Gasteiger partial charge in [0.25, 0.3) is 0 Å². The highest BCUT2D eigenvalue weighted by molar-refractivity contribution is 6.25. The van der Waals surface area contributed by atoms with E-state index in [1.165, 1.54) is 5.54 Å². The third-order valence-electron chi connectivity index (χ3n) is 0.494. The maximum Gasteiger partial charge on any atom is 0.00715 e. The van der Waals surface area contributed by atoms with Crippen molar-refractivity contribution in [1.82, 2.24) is 0 Å². The van der Waals surface area contributed by atoms with Crippen LogP contribution in [-0.2, 0) is 0 Å². The van der Waals surface area contributed by atoms with Crippen LogP contribution in [0.25, 0.3) is 0 Å². The molecular formula is C5H7Cl. The van der Waals surface area contributed by atoms with Crippen LogP contribution >= 0.6 is 11.6 Å². The van der Waals surface area contributed by atoms with Crippen molar-refractivity contribution in [3.63, 3.8) is 0 Å². The fourth-order valence-corrected chi connectivity index (χ4v) is 0.134. The molecule has 0 aliphatic heterocycles. The molecule has 0 amide bonds. The molecule has 0 aliphatic carbocycles. The second kappa shape index (κ2) is 2.98. The van der Waals surface area contributed by atoms with E-state index >= 15 is 0 Å². The van der Waals surface area contributed by atoms with E-state index in [0.717, 1.165) is 5.57 Å². The van der Waals surface area contributed by atoms with Crippen molar-refractivity contribution in [3.05, 3.63) is 23.8 Å². The molecule has 0 bridgehead atoms. The average Bonchev–Trinajstić information content (AvgIpc) is 1.65. The molecule has 0 nitrogen and oxygen atoms in total. The lowest BCUT2D eigenvalue weighted by Crippen LogP contribution is -1.55. The van der Waals surface area contributed by atoms with Crippen LogP contribution in [0.3, 0.4) is 0 Å². The fourth-order valence-electron chi connectivity index (χ4n) is 0.0445. The molecule has 0 unspecified atom stereocenters. The summed E-state index contributed by atoms with van der Waals surface area (Å²) in [6.07, 6.45) is 1.70. The van der Waals surface area contributed by atoms with Gasteiger partial charge in [-0.15, -0.1) is 0 Å². The SMILES string of the molecule is C=CC(C)=CCl. The van der Waals surface area contributed by atoms with Crippen LogP contribution < -0.4 is 0 Å². The minimum Gasteiger partial charge on any atom is -0.0988 e. The van der Waals surface area contributed by atoms with Crippen molar-refractivity contribution in [2.24, 2.45) is 0 Å². The van der Waals surface area contributed by atoms with Gasteiger partial charge >= 0.3 is 0 Å². The lowest BCUT2D eigenvalue weighted by atomic mass is 10.4. The normalized spacial score (nSPS) is 11.3. The van der Waals surface area contributed by atoms with E-state index in [0.29, 0.717) is 0 Å². The molecule has 0 saturated heterocycles. The third kappa shape index (κ3) is 2.04. The molecule has 0 radical (unpaired) electrons. The standard InChI is InChI=1S/C5H7Cl/c1-3-5(2)4-6/h3-4H,1H2,2H3. The lowest BCUT2D eigenvalue weighted by molar-refractivity contribution is 1.57. The summed E-state index contributed by atoms with van der Waals surface area (Å²) in [4.78, 5) is 0. The Labute approximate surface area is 43.1 Å². The minimum absolute atomic E-state index is 0.997. The Balaban J connectivity index is 3.50. The summed E-state index contributed by atoms with van der Waals surface area (Å²) >= 11 is 5.22. The molecule has 6 heavy (non-hydrogen) atoms. The first kappa shape index (κ1) is 5.77. The zero-order valence-corrected chi connectivity index (χ0v) is 4.50. The number of hydrogen-bond acceptors (Lipinski definition) is 0. The van der Waals surface area contributed by atoms with Gasteiger partial charge in [-0.2, -0.15) is 0 Å². The molecule has 0 rings (SSSR count). The summed E-state index contributed by atoms with van der Waals surface area (Å²) in [6.45, 7) is 5.37. The molecule has 34 valence electrons. The Morgan fingerprint density at radius 1 is 1.83 bits per heavy atom. The van der Waals surface area contributed by atoms with Crippen LogP contribution in [-0.4, -0.2) is 0 Å². The van der Waals surface area contributed by atoms with Gasteiger partial charge in [0.2, 0.25) is 0 Å². The van der Waals surface area contributed by atoms with Gasteiger partial charge in [0.15, 0.2) is 0 Å². The zero-order valence-electron chi connectivity index (χ0n) is 3.74. The van der Waals surface area contributed by atoms with Gasteiger partial charge in [-0.25, -0.2) is 0 Å². The van der Waals surface area contributed by atoms with Crippen molar-refractivity contribution >= 4 is 11.6 Å². The van der Waals surface area contributed by atoms with Crippen molar-refractivity contribution in [1.29, 1.82) is 0 Å². The van der Waals surface area contributed by atoms with Crippen LogP contribution in [0.2, 0.25) is 0 Å². The zero-order chi connectivity index (χ0) is 4.99. The first-order valence-corrected chi connectivity index (χ1v) is 2.14. The summed E-state index contributed by atoms with van der Waals surface area (Å²) in [5, 5.41) is 0. The highest BCUT2D eigenvalue weighted by Crippen LogP contribution is 1.92. The minimum atomic E-state index is 0.997. The summed E-state index contributed by atoms with van der Waals surface area (Å²) in [5.41, 5.74) is 2.49. The molecule has 0 N–H and O–H groups in total. The molecule has 0 saturated carbocycles. The van der Waals surface area contributed by atoms with Crippen LogP contribution in [0.1, 0.15) is 6.92 Å². The van der Waals surface area contributed by atoms with E-state index in [-0.39, 0.29) is 0 Å². The average molecular weight is 103 g/mol. The van der Waals surface area contributed by atoms with Gasteiger partial charge < -0.3 is 0 Å². The smallest absolute Gasteiger partial charge is 0.00715 e. The number of allylic oxidation sites excluding steroid dienone is 2. The summed E-state index contributed by atoms with van der Waals surface area (Å²) in [6, 6.07) is 0. The Morgan fingerprint density at radius 3 is 2.33 bits per heavy atom. The Hall–Kier alpha value is -0.230. The predicted octanol–water partition coefficient (Wildman–Crippen LogP) is 2.32. The Kier molecular flexibility index (Phi) is 2.87. The third-order valence-corrected chi connectivity index (χ3v) is 0.838. The maximum absolute atomic E-state index is 5.22. The van der Waals surface area contributed by atoms with E-state index in [1.807, 2.05) is 6.92 Å². The number of hydrogen-bond donors (Lipinski definition) is 0. The van der Waals surface area contributed by atoms with E-state index in [9.17, 15) is 0 Å². The van der Waals surface area contributed by atoms with Crippen molar-refractivity contribution in [3.8, 4) is 0 Å². The molecule has 0 aliphatic rings. The molecular weight excluding hydrogens is 95.5 g/mol. The first-order chi connectivity index (χ1) is 2.81. The molecule has 1 heteroatoms. The second-order valence-electron chi connectivity index (χ2n) is 1.06. The van der Waals surface area contributed by atoms with E-state index < -0.39 is 0 Å². The molecule has 0 fully saturated rings. The summed E-state index contributed by atoms with van der Waals surface area (Å²) < 4.78 is 0. The van der Waals surface area contributed by atoms with Crippen LogP contribution in [0.4, 0.5) is 0 Å². The summed E-state index contributed by atoms with van der Waals surface area (Å²) in [5.74, 6) is 0. The van der Waals surface area contributed by atoms with E-state index in [4.69, 9.17) is 11.6 Å². The van der Waals surface area contributed by atoms with E-state index in [2.05, 4.69) is 6.58 Å². The van der Waals surface area contributed by atoms with Crippen LogP contribution in [0.5, 0.6) is 0 Å². The van der Waals surface area contributed by atoms with Gasteiger partial charge in [-0.1, -0.05) is 24.3 Å². The van der Waals surface area contributed by atoms with Gasteiger partial charge in [0.1, 0.15) is 0 Å². The predicted molar refractivity (Wildman–Crippen MR) is 29.8 cm³/mol. The molecule has 0 aromatic rings. The molecule has 0 heterocycles. The van der Waals surface area contributed by atoms with Gasteiger partial charge in [-0.05, 0) is 12.5 Å². The highest BCUT2D eigenvalue weighted by Gasteiger charge is 1.68. The van der Waals surface area contributed by atoms with Crippen LogP contribution in [0, 0.1) is 0 Å². The quantitative estimate of drug-likeness (QED) is 0.446. The molecule has 0 atom stereocenters.